The normalized spacial score (nSPS) is 26.7. The molecule has 15 heavy (non-hydrogen) atoms. The van der Waals surface area contributed by atoms with Gasteiger partial charge in [0.05, 0.1) is 6.04 Å². The first-order valence-electron chi connectivity index (χ1n) is 5.37. The van der Waals surface area contributed by atoms with Crippen molar-refractivity contribution in [2.75, 3.05) is 5.32 Å². The van der Waals surface area contributed by atoms with Crippen LogP contribution >= 0.6 is 0 Å². The van der Waals surface area contributed by atoms with Gasteiger partial charge in [0.1, 0.15) is 0 Å². The van der Waals surface area contributed by atoms with Crippen molar-refractivity contribution in [1.29, 1.82) is 0 Å². The van der Waals surface area contributed by atoms with Crippen LogP contribution in [0, 0.1) is 0 Å². The molecule has 3 heteroatoms. The minimum Gasteiger partial charge on any atom is -0.324 e. The SMILES string of the molecule is N[C@H]1CC2(CC2)c2ccccc2NC1=O. The van der Waals surface area contributed by atoms with Gasteiger partial charge >= 0.3 is 0 Å². The number of anilines is 1. The van der Waals surface area contributed by atoms with Crippen molar-refractivity contribution in [2.24, 2.45) is 5.73 Å². The molecule has 0 aromatic heterocycles. The molecule has 1 heterocycles. The molecule has 78 valence electrons. The Hall–Kier alpha value is -1.35. The quantitative estimate of drug-likeness (QED) is 0.668. The van der Waals surface area contributed by atoms with Gasteiger partial charge < -0.3 is 11.1 Å². The van der Waals surface area contributed by atoms with Crippen molar-refractivity contribution in [2.45, 2.75) is 30.7 Å². The molecule has 0 bridgehead atoms. The fourth-order valence-electron chi connectivity index (χ4n) is 2.53. The minimum atomic E-state index is -0.361. The fourth-order valence-corrected chi connectivity index (χ4v) is 2.53. The number of benzene rings is 1. The van der Waals surface area contributed by atoms with E-state index < -0.39 is 0 Å². The zero-order chi connectivity index (χ0) is 10.5. The number of nitrogens with one attached hydrogen (secondary N) is 1. The number of para-hydroxylation sites is 1. The lowest BCUT2D eigenvalue weighted by Crippen LogP contribution is -2.35. The Bertz CT molecular complexity index is 423. The Labute approximate surface area is 88.7 Å². The zero-order valence-corrected chi connectivity index (χ0v) is 8.49. The molecule has 3 rings (SSSR count). The van der Waals surface area contributed by atoms with Crippen molar-refractivity contribution in [3.05, 3.63) is 29.8 Å². The van der Waals surface area contributed by atoms with Crippen molar-refractivity contribution in [1.82, 2.24) is 0 Å². The molecule has 1 aliphatic heterocycles. The second-order valence-electron chi connectivity index (χ2n) is 4.63. The number of hydrogen-bond acceptors (Lipinski definition) is 2. The van der Waals surface area contributed by atoms with Crippen molar-refractivity contribution >= 4 is 11.6 Å². The van der Waals surface area contributed by atoms with E-state index in [9.17, 15) is 4.79 Å². The van der Waals surface area contributed by atoms with Gasteiger partial charge in [-0.05, 0) is 36.3 Å². The molecule has 0 unspecified atom stereocenters. The Morgan fingerprint density at radius 1 is 1.33 bits per heavy atom. The number of amides is 1. The maximum atomic E-state index is 11.7. The first-order valence-corrected chi connectivity index (χ1v) is 5.37. The fraction of sp³-hybridized carbons (Fsp3) is 0.417. The van der Waals surface area contributed by atoms with Gasteiger partial charge in [0.25, 0.3) is 0 Å². The smallest absolute Gasteiger partial charge is 0.241 e. The van der Waals surface area contributed by atoms with E-state index in [1.54, 1.807) is 0 Å². The molecule has 1 saturated carbocycles. The Morgan fingerprint density at radius 2 is 2.07 bits per heavy atom. The third-order valence-electron chi connectivity index (χ3n) is 3.56. The van der Waals surface area contributed by atoms with Gasteiger partial charge in [-0.15, -0.1) is 0 Å². The lowest BCUT2D eigenvalue weighted by molar-refractivity contribution is -0.117. The first kappa shape index (κ1) is 8.92. The van der Waals surface area contributed by atoms with Gasteiger partial charge in [0.15, 0.2) is 0 Å². The highest BCUT2D eigenvalue weighted by Crippen LogP contribution is 2.54. The Morgan fingerprint density at radius 3 is 2.80 bits per heavy atom. The maximum Gasteiger partial charge on any atom is 0.241 e. The van der Waals surface area contributed by atoms with Crippen LogP contribution in [-0.4, -0.2) is 11.9 Å². The average molecular weight is 202 g/mol. The molecule has 1 aliphatic carbocycles. The third-order valence-corrected chi connectivity index (χ3v) is 3.56. The molecule has 3 nitrogen and oxygen atoms in total. The molecular weight excluding hydrogens is 188 g/mol. The van der Waals surface area contributed by atoms with Crippen LogP contribution in [0.2, 0.25) is 0 Å². The summed E-state index contributed by atoms with van der Waals surface area (Å²) in [5.41, 5.74) is 8.27. The number of carbonyl (C=O) groups excluding carboxylic acids is 1. The summed E-state index contributed by atoms with van der Waals surface area (Å²) >= 11 is 0. The molecule has 0 saturated heterocycles. The van der Waals surface area contributed by atoms with Crippen LogP contribution in [-0.2, 0) is 10.2 Å². The topological polar surface area (TPSA) is 55.1 Å². The van der Waals surface area contributed by atoms with Gasteiger partial charge in [-0.3, -0.25) is 4.79 Å². The summed E-state index contributed by atoms with van der Waals surface area (Å²) in [6.45, 7) is 0. The van der Waals surface area contributed by atoms with Crippen LogP contribution in [0.4, 0.5) is 5.69 Å². The van der Waals surface area contributed by atoms with E-state index in [0.29, 0.717) is 0 Å². The van der Waals surface area contributed by atoms with E-state index >= 15 is 0 Å². The van der Waals surface area contributed by atoms with Gasteiger partial charge in [-0.2, -0.15) is 0 Å². The molecule has 2 aliphatic rings. The van der Waals surface area contributed by atoms with Crippen LogP contribution in [0.15, 0.2) is 24.3 Å². The number of nitrogens with two attached hydrogens (primary N) is 1. The predicted molar refractivity (Wildman–Crippen MR) is 58.6 cm³/mol. The Kier molecular flexibility index (Phi) is 1.68. The summed E-state index contributed by atoms with van der Waals surface area (Å²) in [7, 11) is 0. The molecule has 1 fully saturated rings. The molecule has 1 aromatic carbocycles. The van der Waals surface area contributed by atoms with Gasteiger partial charge in [0, 0.05) is 5.69 Å². The molecule has 0 radical (unpaired) electrons. The summed E-state index contributed by atoms with van der Waals surface area (Å²) in [5, 5.41) is 2.90. The van der Waals surface area contributed by atoms with E-state index in [1.807, 2.05) is 18.2 Å². The second-order valence-corrected chi connectivity index (χ2v) is 4.63. The van der Waals surface area contributed by atoms with Crippen LogP contribution in [0.1, 0.15) is 24.8 Å². The van der Waals surface area contributed by atoms with E-state index in [1.165, 1.54) is 5.56 Å². The van der Waals surface area contributed by atoms with Crippen molar-refractivity contribution in [3.63, 3.8) is 0 Å². The van der Waals surface area contributed by atoms with Crippen LogP contribution in [0.3, 0.4) is 0 Å². The summed E-state index contributed by atoms with van der Waals surface area (Å²) in [5.74, 6) is -0.0498. The largest absolute Gasteiger partial charge is 0.324 e. The van der Waals surface area contributed by atoms with E-state index in [4.69, 9.17) is 5.73 Å². The predicted octanol–water partition coefficient (Wildman–Crippen LogP) is 1.39. The third kappa shape index (κ3) is 1.27. The van der Waals surface area contributed by atoms with Crippen LogP contribution in [0.25, 0.3) is 0 Å². The maximum absolute atomic E-state index is 11.7. The van der Waals surface area contributed by atoms with Crippen LogP contribution in [0.5, 0.6) is 0 Å². The highest BCUT2D eigenvalue weighted by atomic mass is 16.2. The van der Waals surface area contributed by atoms with Crippen LogP contribution < -0.4 is 11.1 Å². The van der Waals surface area contributed by atoms with E-state index in [2.05, 4.69) is 11.4 Å². The van der Waals surface area contributed by atoms with Crippen molar-refractivity contribution < 1.29 is 4.79 Å². The molecule has 1 amide bonds. The van der Waals surface area contributed by atoms with Crippen molar-refractivity contribution in [3.8, 4) is 0 Å². The highest BCUT2D eigenvalue weighted by molar-refractivity contribution is 5.96. The summed E-state index contributed by atoms with van der Waals surface area (Å²) in [6.07, 6.45) is 3.11. The number of hydrogen-bond donors (Lipinski definition) is 2. The molecule has 1 atom stereocenters. The standard InChI is InChI=1S/C12H14N2O/c13-9-7-12(5-6-12)8-3-1-2-4-10(8)14-11(9)15/h1-4,9H,5-7,13H2,(H,14,15)/t9-/m0/s1. The van der Waals surface area contributed by atoms with E-state index in [-0.39, 0.29) is 17.4 Å². The highest BCUT2D eigenvalue weighted by Gasteiger charge is 2.48. The number of carbonyl (C=O) groups is 1. The number of rotatable bonds is 0. The summed E-state index contributed by atoms with van der Waals surface area (Å²) < 4.78 is 0. The lowest BCUT2D eigenvalue weighted by Gasteiger charge is -2.15. The molecule has 3 N–H and O–H groups in total. The average Bonchev–Trinajstić information content (AvgIpc) is 2.99. The van der Waals surface area contributed by atoms with Gasteiger partial charge in [0.2, 0.25) is 5.91 Å². The monoisotopic (exact) mass is 202 g/mol. The number of fused-ring (bicyclic) bond motifs is 2. The zero-order valence-electron chi connectivity index (χ0n) is 8.49. The van der Waals surface area contributed by atoms with Gasteiger partial charge in [-0.1, -0.05) is 18.2 Å². The molecular formula is C12H14N2O. The summed E-state index contributed by atoms with van der Waals surface area (Å²) in [4.78, 5) is 11.7. The van der Waals surface area contributed by atoms with Gasteiger partial charge in [-0.25, -0.2) is 0 Å². The first-order chi connectivity index (χ1) is 7.21. The minimum absolute atomic E-state index is 0.0498. The molecule has 1 aromatic rings. The van der Waals surface area contributed by atoms with E-state index in [0.717, 1.165) is 24.9 Å². The lowest BCUT2D eigenvalue weighted by atomic mass is 9.89. The summed E-state index contributed by atoms with van der Waals surface area (Å²) in [6, 6.07) is 7.69. The Balaban J connectivity index is 2.12. The molecule has 1 spiro atoms. The second kappa shape index (κ2) is 2.83.